The van der Waals surface area contributed by atoms with Crippen molar-refractivity contribution in [3.63, 3.8) is 0 Å². The van der Waals surface area contributed by atoms with Gasteiger partial charge in [0.1, 0.15) is 5.69 Å². The van der Waals surface area contributed by atoms with Crippen molar-refractivity contribution in [2.45, 2.75) is 25.9 Å². The normalized spacial score (nSPS) is 18.3. The van der Waals surface area contributed by atoms with Crippen LogP contribution in [0.5, 0.6) is 0 Å². The minimum atomic E-state index is -3.18. The van der Waals surface area contributed by atoms with Crippen molar-refractivity contribution in [3.8, 4) is 0 Å². The fourth-order valence-electron chi connectivity index (χ4n) is 4.10. The second kappa shape index (κ2) is 9.56. The van der Waals surface area contributed by atoms with Crippen LogP contribution in [0.15, 0.2) is 42.5 Å². The molecule has 1 atom stereocenters. The van der Waals surface area contributed by atoms with Crippen LogP contribution >= 0.6 is 33.8 Å². The Kier molecular flexibility index (Phi) is 6.93. The number of hydrogen-bond donors (Lipinski definition) is 1. The van der Waals surface area contributed by atoms with Crippen molar-refractivity contribution in [2.24, 2.45) is 0 Å². The van der Waals surface area contributed by atoms with Crippen LogP contribution in [0.4, 0.5) is 0 Å². The minimum absolute atomic E-state index is 0.0295. The van der Waals surface area contributed by atoms with Crippen LogP contribution in [0.1, 0.15) is 39.8 Å². The van der Waals surface area contributed by atoms with Gasteiger partial charge in [0.15, 0.2) is 0 Å². The molecule has 1 saturated heterocycles. The molecule has 10 heteroatoms. The highest BCUT2D eigenvalue weighted by molar-refractivity contribution is 8.24. The van der Waals surface area contributed by atoms with E-state index >= 15 is 0 Å². The zero-order valence-corrected chi connectivity index (χ0v) is 20.1. The molecule has 0 bridgehead atoms. The van der Waals surface area contributed by atoms with Gasteiger partial charge in [0, 0.05) is 23.5 Å². The van der Waals surface area contributed by atoms with Crippen molar-refractivity contribution in [2.75, 3.05) is 18.1 Å². The Morgan fingerprint density at radius 2 is 1.94 bits per heavy atom. The molecule has 0 aliphatic carbocycles. The summed E-state index contributed by atoms with van der Waals surface area (Å²) in [7, 11) is -3.18. The first-order valence-corrected chi connectivity index (χ1v) is 13.0. The molecule has 1 unspecified atom stereocenters. The van der Waals surface area contributed by atoms with E-state index in [4.69, 9.17) is 27.9 Å². The van der Waals surface area contributed by atoms with Gasteiger partial charge < -0.3 is 34.3 Å². The molecule has 2 aromatic carbocycles. The van der Waals surface area contributed by atoms with E-state index in [1.807, 2.05) is 12.1 Å². The Hall–Kier alpha value is -2.23. The number of benzene rings is 2. The molecule has 1 amide bonds. The van der Waals surface area contributed by atoms with Gasteiger partial charge in [0.2, 0.25) is 0 Å². The van der Waals surface area contributed by atoms with E-state index in [1.54, 1.807) is 41.8 Å². The van der Waals surface area contributed by atoms with Gasteiger partial charge in [0.25, 0.3) is 5.91 Å². The Bertz CT molecular complexity index is 1230. The third-order valence-electron chi connectivity index (χ3n) is 5.56. The second-order valence-electron chi connectivity index (χ2n) is 7.87. The Balaban J connectivity index is 1.81. The molecule has 2 heterocycles. The highest BCUT2D eigenvalue weighted by atomic mass is 35.5. The lowest BCUT2D eigenvalue weighted by molar-refractivity contribution is 0.0511. The summed E-state index contributed by atoms with van der Waals surface area (Å²) in [6, 6.07) is 11.8. The third kappa shape index (κ3) is 5.00. The average Bonchev–Trinajstić information content (AvgIpc) is 3.27. The molecule has 33 heavy (non-hydrogen) atoms. The first-order valence-electron chi connectivity index (χ1n) is 10.4. The molecular formula is C23H22Cl2N2O5S-2. The lowest BCUT2D eigenvalue weighted by Gasteiger charge is -2.56. The maximum absolute atomic E-state index is 13.4. The molecule has 0 spiro atoms. The molecule has 4 rings (SSSR count). The number of carbonyl (C=O) groups excluding carboxylic acids is 2. The quantitative estimate of drug-likeness (QED) is 0.483. The van der Waals surface area contributed by atoms with E-state index in [1.165, 1.54) is 0 Å². The van der Waals surface area contributed by atoms with E-state index in [9.17, 15) is 18.7 Å². The third-order valence-corrected chi connectivity index (χ3v) is 8.07. The van der Waals surface area contributed by atoms with Gasteiger partial charge in [0.05, 0.1) is 22.2 Å². The second-order valence-corrected chi connectivity index (χ2v) is 10.9. The van der Waals surface area contributed by atoms with Crippen LogP contribution in [-0.2, 0) is 11.3 Å². The largest absolute Gasteiger partial charge is 0.800 e. The number of ether oxygens (including phenoxy) is 1. The molecule has 0 radical (unpaired) electrons. The number of nitrogens with zero attached hydrogens (tertiary/aromatic N) is 1. The molecular weight excluding hydrogens is 487 g/mol. The molecule has 1 aliphatic rings. The minimum Gasteiger partial charge on any atom is -0.800 e. The molecule has 3 aromatic rings. The van der Waals surface area contributed by atoms with Crippen LogP contribution in [-0.4, -0.2) is 49.7 Å². The van der Waals surface area contributed by atoms with Crippen molar-refractivity contribution in [1.29, 1.82) is 0 Å². The number of aromatic nitrogens is 1. The van der Waals surface area contributed by atoms with Gasteiger partial charge in [-0.05, 0) is 48.6 Å². The highest BCUT2D eigenvalue weighted by Crippen LogP contribution is 2.45. The van der Waals surface area contributed by atoms with Crippen molar-refractivity contribution >= 4 is 56.6 Å². The molecule has 176 valence electrons. The maximum Gasteiger partial charge on any atom is 0.355 e. The summed E-state index contributed by atoms with van der Waals surface area (Å²) in [4.78, 5) is 26.4. The number of rotatable bonds is 6. The number of carbonyl (C=O) groups is 2. The van der Waals surface area contributed by atoms with Gasteiger partial charge >= 0.3 is 5.97 Å². The summed E-state index contributed by atoms with van der Waals surface area (Å²) in [5, 5.41) is 4.16. The molecule has 1 aliphatic heterocycles. The number of nitrogens with one attached hydrogen (secondary N) is 1. The zero-order valence-electron chi connectivity index (χ0n) is 17.8. The predicted molar refractivity (Wildman–Crippen MR) is 128 cm³/mol. The van der Waals surface area contributed by atoms with Gasteiger partial charge in [-0.2, -0.15) is 0 Å². The Labute approximate surface area is 203 Å². The van der Waals surface area contributed by atoms with Crippen LogP contribution in [0.2, 0.25) is 10.0 Å². The maximum atomic E-state index is 13.4. The average molecular weight is 509 g/mol. The van der Waals surface area contributed by atoms with E-state index < -0.39 is 28.5 Å². The highest BCUT2D eigenvalue weighted by Gasteiger charge is 2.30. The molecule has 0 saturated carbocycles. The number of sulfone groups is 1. The number of halogens is 2. The lowest BCUT2D eigenvalue weighted by Crippen LogP contribution is -2.36. The van der Waals surface area contributed by atoms with Crippen LogP contribution in [0, 0.1) is 0 Å². The van der Waals surface area contributed by atoms with Gasteiger partial charge in [-0.25, -0.2) is 4.79 Å². The molecule has 1 N–H and O–H groups in total. The Morgan fingerprint density at radius 3 is 2.61 bits per heavy atom. The van der Waals surface area contributed by atoms with Crippen LogP contribution < -0.4 is 5.32 Å². The summed E-state index contributed by atoms with van der Waals surface area (Å²) in [5.41, 5.74) is 1.70. The lowest BCUT2D eigenvalue weighted by atomic mass is 10.1. The van der Waals surface area contributed by atoms with E-state index in [0.29, 0.717) is 27.4 Å². The number of esters is 1. The predicted octanol–water partition coefficient (Wildman–Crippen LogP) is 4.74. The van der Waals surface area contributed by atoms with Crippen molar-refractivity contribution in [3.05, 3.63) is 69.3 Å². The van der Waals surface area contributed by atoms with Crippen LogP contribution in [0.3, 0.4) is 0 Å². The standard InChI is InChI=1S/C23H24Cl2N2O5S/c1-2-32-23(29)21-20(22(28)26-15-9-10-33(30,31)13-15)16-5-3-4-6-19(16)27(21)12-14-7-8-17(24)18(25)11-14/h3-8,11,15,30-31H,2,9-10,12-13H2,1H3,(H,26,28)/p-2. The fraction of sp³-hybridized carbons (Fsp3) is 0.304. The zero-order chi connectivity index (χ0) is 23.8. The summed E-state index contributed by atoms with van der Waals surface area (Å²) in [5.74, 6) is -1.24. The summed E-state index contributed by atoms with van der Waals surface area (Å²) < 4.78 is 30.7. The monoisotopic (exact) mass is 508 g/mol. The topological polar surface area (TPSA) is 106 Å². The first-order chi connectivity index (χ1) is 15.7. The smallest absolute Gasteiger partial charge is 0.355 e. The number of amides is 1. The van der Waals surface area contributed by atoms with Crippen molar-refractivity contribution < 1.29 is 23.4 Å². The van der Waals surface area contributed by atoms with Crippen molar-refractivity contribution in [1.82, 2.24) is 9.88 Å². The Morgan fingerprint density at radius 1 is 1.18 bits per heavy atom. The van der Waals surface area contributed by atoms with E-state index in [0.717, 1.165) is 5.56 Å². The fourth-order valence-corrected chi connectivity index (χ4v) is 6.09. The van der Waals surface area contributed by atoms with Gasteiger partial charge in [-0.1, -0.05) is 47.5 Å². The number of para-hydroxylation sites is 1. The summed E-state index contributed by atoms with van der Waals surface area (Å²) in [6.07, 6.45) is 0.338. The summed E-state index contributed by atoms with van der Waals surface area (Å²) in [6.45, 7) is 2.07. The van der Waals surface area contributed by atoms with Crippen LogP contribution in [0.25, 0.3) is 10.9 Å². The SMILES string of the molecule is CCOC(=O)c1c(C(=O)NC2CCS([O-])([O-])C2)c2ccccc2n1Cc1ccc(Cl)c(Cl)c1. The van der Waals surface area contributed by atoms with E-state index in [2.05, 4.69) is 5.32 Å². The first kappa shape index (κ1) is 23.9. The van der Waals surface area contributed by atoms with Gasteiger partial charge in [-0.15, -0.1) is 0 Å². The molecule has 1 aromatic heterocycles. The molecule has 1 fully saturated rings. The number of hydrogen-bond acceptors (Lipinski definition) is 5. The molecule has 7 nitrogen and oxygen atoms in total. The summed E-state index contributed by atoms with van der Waals surface area (Å²) >= 11 is 12.2. The van der Waals surface area contributed by atoms with Gasteiger partial charge in [-0.3, -0.25) is 4.79 Å². The van der Waals surface area contributed by atoms with E-state index in [-0.39, 0.29) is 35.9 Å². The number of fused-ring (bicyclic) bond motifs is 1.